The van der Waals surface area contributed by atoms with Crippen molar-refractivity contribution in [1.29, 1.82) is 0 Å². The van der Waals surface area contributed by atoms with E-state index in [0.717, 1.165) is 0 Å². The minimum absolute atomic E-state index is 0.552. The Morgan fingerprint density at radius 2 is 1.47 bits per heavy atom. The quantitative estimate of drug-likeness (QED) is 0.423. The van der Waals surface area contributed by atoms with Crippen molar-refractivity contribution in [3.63, 3.8) is 0 Å². The molecule has 84 valence electrons. The summed E-state index contributed by atoms with van der Waals surface area (Å²) in [6, 6.07) is 13.9. The number of ether oxygens (including phenoxy) is 1. The SMILES string of the molecule is [N-]=[N+]=Nc1ccc(Oc2ccc(Cl)cc2)cc1. The Bertz CT molecular complexity index is 545. The zero-order valence-corrected chi connectivity index (χ0v) is 9.50. The Kier molecular flexibility index (Phi) is 3.50. The molecule has 2 aromatic carbocycles. The molecule has 0 amide bonds. The van der Waals surface area contributed by atoms with Gasteiger partial charge in [0, 0.05) is 15.6 Å². The Morgan fingerprint density at radius 3 is 2.00 bits per heavy atom. The minimum Gasteiger partial charge on any atom is -0.457 e. The van der Waals surface area contributed by atoms with Crippen molar-refractivity contribution in [2.45, 2.75) is 0 Å². The van der Waals surface area contributed by atoms with Crippen molar-refractivity contribution >= 4 is 17.3 Å². The van der Waals surface area contributed by atoms with E-state index in [2.05, 4.69) is 10.0 Å². The molecule has 0 bridgehead atoms. The maximum atomic E-state index is 8.26. The minimum atomic E-state index is 0.552. The highest BCUT2D eigenvalue weighted by Crippen LogP contribution is 2.25. The molecule has 0 spiro atoms. The van der Waals surface area contributed by atoms with E-state index < -0.39 is 0 Å². The highest BCUT2D eigenvalue weighted by atomic mass is 35.5. The molecule has 2 rings (SSSR count). The molecule has 0 aliphatic rings. The summed E-state index contributed by atoms with van der Waals surface area (Å²) in [7, 11) is 0. The van der Waals surface area contributed by atoms with Gasteiger partial charge >= 0.3 is 0 Å². The lowest BCUT2D eigenvalue weighted by atomic mass is 10.3. The summed E-state index contributed by atoms with van der Waals surface area (Å²) in [5.74, 6) is 1.37. The first-order valence-corrected chi connectivity index (χ1v) is 5.24. The molecule has 0 heterocycles. The number of hydrogen-bond donors (Lipinski definition) is 0. The van der Waals surface area contributed by atoms with Crippen molar-refractivity contribution in [2.75, 3.05) is 0 Å². The van der Waals surface area contributed by atoms with Crippen molar-refractivity contribution in [3.05, 3.63) is 64.0 Å². The van der Waals surface area contributed by atoms with Gasteiger partial charge < -0.3 is 4.74 Å². The highest BCUT2D eigenvalue weighted by molar-refractivity contribution is 6.30. The first-order valence-electron chi connectivity index (χ1n) is 4.86. The van der Waals surface area contributed by atoms with Crippen LogP contribution in [0.3, 0.4) is 0 Å². The van der Waals surface area contributed by atoms with Crippen molar-refractivity contribution < 1.29 is 4.74 Å². The molecule has 0 saturated carbocycles. The fourth-order valence-corrected chi connectivity index (χ4v) is 1.40. The van der Waals surface area contributed by atoms with Gasteiger partial charge in [-0.1, -0.05) is 16.7 Å². The van der Waals surface area contributed by atoms with Crippen LogP contribution in [0.5, 0.6) is 11.5 Å². The lowest BCUT2D eigenvalue weighted by Gasteiger charge is -2.05. The second kappa shape index (κ2) is 5.25. The Balaban J connectivity index is 2.13. The van der Waals surface area contributed by atoms with Crippen molar-refractivity contribution in [2.24, 2.45) is 5.11 Å². The van der Waals surface area contributed by atoms with Gasteiger partial charge in [-0.3, -0.25) is 0 Å². The van der Waals surface area contributed by atoms with E-state index >= 15 is 0 Å². The van der Waals surface area contributed by atoms with Gasteiger partial charge in [0.15, 0.2) is 0 Å². The third-order valence-corrected chi connectivity index (χ3v) is 2.30. The number of benzene rings is 2. The predicted molar refractivity (Wildman–Crippen MR) is 66.8 cm³/mol. The average molecular weight is 246 g/mol. The molecular formula is C12H8ClN3O. The largest absolute Gasteiger partial charge is 0.457 e. The van der Waals surface area contributed by atoms with Gasteiger partial charge in [-0.2, -0.15) is 0 Å². The number of halogens is 1. The summed E-state index contributed by atoms with van der Waals surface area (Å²) in [5.41, 5.74) is 8.82. The van der Waals surface area contributed by atoms with E-state index in [1.165, 1.54) is 0 Å². The molecule has 0 saturated heterocycles. The Morgan fingerprint density at radius 1 is 0.941 bits per heavy atom. The van der Waals surface area contributed by atoms with E-state index in [0.29, 0.717) is 22.2 Å². The highest BCUT2D eigenvalue weighted by Gasteiger charge is 1.97. The van der Waals surface area contributed by atoms with Crippen LogP contribution in [0.2, 0.25) is 5.02 Å². The van der Waals surface area contributed by atoms with Gasteiger partial charge in [0.25, 0.3) is 0 Å². The van der Waals surface area contributed by atoms with E-state index in [4.69, 9.17) is 21.9 Å². The van der Waals surface area contributed by atoms with Crippen LogP contribution in [0.4, 0.5) is 5.69 Å². The molecule has 0 aromatic heterocycles. The van der Waals surface area contributed by atoms with Gasteiger partial charge in [-0.25, -0.2) is 0 Å². The molecule has 0 radical (unpaired) electrons. The molecule has 4 nitrogen and oxygen atoms in total. The van der Waals surface area contributed by atoms with Gasteiger partial charge in [-0.15, -0.1) is 0 Å². The van der Waals surface area contributed by atoms with E-state index in [1.807, 2.05) is 0 Å². The summed E-state index contributed by atoms with van der Waals surface area (Å²) >= 11 is 5.77. The summed E-state index contributed by atoms with van der Waals surface area (Å²) in [6.07, 6.45) is 0. The van der Waals surface area contributed by atoms with E-state index in [-0.39, 0.29) is 0 Å². The second-order valence-corrected chi connectivity index (χ2v) is 3.68. The number of azide groups is 1. The zero-order chi connectivity index (χ0) is 12.1. The number of hydrogen-bond acceptors (Lipinski definition) is 2. The van der Waals surface area contributed by atoms with Crippen LogP contribution in [0.25, 0.3) is 10.4 Å². The normalized spacial score (nSPS) is 9.47. The van der Waals surface area contributed by atoms with E-state index in [9.17, 15) is 0 Å². The summed E-state index contributed by atoms with van der Waals surface area (Å²) in [6.45, 7) is 0. The van der Waals surface area contributed by atoms with Crippen LogP contribution in [0, 0.1) is 0 Å². The van der Waals surface area contributed by atoms with E-state index in [1.54, 1.807) is 48.5 Å². The van der Waals surface area contributed by atoms with Crippen LogP contribution in [-0.2, 0) is 0 Å². The molecule has 17 heavy (non-hydrogen) atoms. The third kappa shape index (κ3) is 3.14. The maximum absolute atomic E-state index is 8.26. The Labute approximate surface area is 103 Å². The molecular weight excluding hydrogens is 238 g/mol. The molecule has 5 heteroatoms. The predicted octanol–water partition coefficient (Wildman–Crippen LogP) is 5.07. The second-order valence-electron chi connectivity index (χ2n) is 3.24. The first-order chi connectivity index (χ1) is 8.28. The topological polar surface area (TPSA) is 58.0 Å². The summed E-state index contributed by atoms with van der Waals surface area (Å²) < 4.78 is 5.57. The van der Waals surface area contributed by atoms with Crippen molar-refractivity contribution in [1.82, 2.24) is 0 Å². The molecule has 2 aromatic rings. The lowest BCUT2D eigenvalue weighted by molar-refractivity contribution is 0.483. The molecule has 0 aliphatic carbocycles. The van der Waals surface area contributed by atoms with Gasteiger partial charge in [0.05, 0.1) is 0 Å². The van der Waals surface area contributed by atoms with Crippen molar-refractivity contribution in [3.8, 4) is 11.5 Å². The molecule has 0 atom stereocenters. The molecule has 0 aliphatic heterocycles. The maximum Gasteiger partial charge on any atom is 0.127 e. The van der Waals surface area contributed by atoms with Gasteiger partial charge in [0.2, 0.25) is 0 Å². The van der Waals surface area contributed by atoms with Gasteiger partial charge in [-0.05, 0) is 54.1 Å². The standard InChI is InChI=1S/C12H8ClN3O/c13-9-1-5-11(6-2-9)17-12-7-3-10(4-8-12)15-16-14/h1-8H. The molecule has 0 N–H and O–H groups in total. The number of nitrogens with zero attached hydrogens (tertiary/aromatic N) is 3. The first kappa shape index (κ1) is 11.3. The van der Waals surface area contributed by atoms with Gasteiger partial charge in [0.1, 0.15) is 11.5 Å². The Hall–Kier alpha value is -2.16. The van der Waals surface area contributed by atoms with Crippen LogP contribution in [0.1, 0.15) is 0 Å². The zero-order valence-electron chi connectivity index (χ0n) is 8.75. The monoisotopic (exact) mass is 245 g/mol. The van der Waals surface area contributed by atoms with Crippen LogP contribution in [0.15, 0.2) is 53.6 Å². The third-order valence-electron chi connectivity index (χ3n) is 2.05. The molecule has 0 unspecified atom stereocenters. The smallest absolute Gasteiger partial charge is 0.127 e. The van der Waals surface area contributed by atoms with Crippen LogP contribution < -0.4 is 4.74 Å². The van der Waals surface area contributed by atoms with Crippen LogP contribution in [-0.4, -0.2) is 0 Å². The average Bonchev–Trinajstić information content (AvgIpc) is 2.35. The fourth-order valence-electron chi connectivity index (χ4n) is 1.27. The lowest BCUT2D eigenvalue weighted by Crippen LogP contribution is -1.82. The molecule has 0 fully saturated rings. The summed E-state index contributed by atoms with van der Waals surface area (Å²) in [4.78, 5) is 2.70. The summed E-state index contributed by atoms with van der Waals surface area (Å²) in [5, 5.41) is 4.14. The number of rotatable bonds is 3. The van der Waals surface area contributed by atoms with Crippen LogP contribution >= 0.6 is 11.6 Å². The fraction of sp³-hybridized carbons (Fsp3) is 0.